The van der Waals surface area contributed by atoms with Crippen LogP contribution in [0.3, 0.4) is 0 Å². The summed E-state index contributed by atoms with van der Waals surface area (Å²) in [5, 5.41) is 19.5. The van der Waals surface area contributed by atoms with E-state index in [1.54, 1.807) is 43.7 Å². The highest BCUT2D eigenvalue weighted by Crippen LogP contribution is 2.61. The Morgan fingerprint density at radius 1 is 1.27 bits per heavy atom. The number of carboxylic acids is 1. The minimum Gasteiger partial charge on any atom is -0.480 e. The molecule has 7 heteroatoms. The van der Waals surface area contributed by atoms with Crippen molar-refractivity contribution < 1.29 is 9.90 Å². The van der Waals surface area contributed by atoms with E-state index in [4.69, 9.17) is 0 Å². The molecule has 7 nitrogen and oxygen atoms in total. The first kappa shape index (κ1) is 15.3. The van der Waals surface area contributed by atoms with Crippen molar-refractivity contribution >= 4 is 16.7 Å². The molecule has 1 unspecified atom stereocenters. The van der Waals surface area contributed by atoms with E-state index in [1.807, 2.05) is 4.68 Å². The van der Waals surface area contributed by atoms with Gasteiger partial charge in [0.2, 0.25) is 0 Å². The Labute approximate surface area is 148 Å². The first-order valence-electron chi connectivity index (χ1n) is 8.72. The molecule has 0 saturated heterocycles. The largest absolute Gasteiger partial charge is 0.480 e. The summed E-state index contributed by atoms with van der Waals surface area (Å²) in [6, 6.07) is 6.98. The van der Waals surface area contributed by atoms with Crippen LogP contribution in [0.2, 0.25) is 0 Å². The van der Waals surface area contributed by atoms with Gasteiger partial charge in [0.25, 0.3) is 5.56 Å². The molecule has 3 aromatic rings. The van der Waals surface area contributed by atoms with Gasteiger partial charge in [0, 0.05) is 18.6 Å². The molecule has 2 bridgehead atoms. The molecule has 6 rings (SSSR count). The van der Waals surface area contributed by atoms with Crippen molar-refractivity contribution in [3.05, 3.63) is 58.3 Å². The highest BCUT2D eigenvalue weighted by atomic mass is 16.4. The third kappa shape index (κ3) is 1.94. The fourth-order valence-electron chi connectivity index (χ4n) is 4.42. The SMILES string of the molecule is Cn1ccc2c(C(C(=O)O)c3cn(C45CC(C4)C5)nn3)cccc2c1=O. The zero-order valence-electron chi connectivity index (χ0n) is 14.3. The van der Waals surface area contributed by atoms with Crippen LogP contribution < -0.4 is 5.56 Å². The first-order valence-corrected chi connectivity index (χ1v) is 8.72. The predicted molar refractivity (Wildman–Crippen MR) is 94.0 cm³/mol. The van der Waals surface area contributed by atoms with Gasteiger partial charge >= 0.3 is 5.97 Å². The predicted octanol–water partition coefficient (Wildman–Crippen LogP) is 1.86. The summed E-state index contributed by atoms with van der Waals surface area (Å²) in [6.45, 7) is 0. The number of carbonyl (C=O) groups is 1. The second-order valence-electron chi connectivity index (χ2n) is 7.60. The fourth-order valence-corrected chi connectivity index (χ4v) is 4.42. The van der Waals surface area contributed by atoms with Gasteiger partial charge in [0.1, 0.15) is 11.6 Å². The molecule has 2 aromatic heterocycles. The molecule has 0 amide bonds. The molecule has 2 heterocycles. The monoisotopic (exact) mass is 350 g/mol. The van der Waals surface area contributed by atoms with Crippen molar-refractivity contribution in [1.82, 2.24) is 19.6 Å². The van der Waals surface area contributed by atoms with Gasteiger partial charge in [0.05, 0.1) is 11.7 Å². The smallest absolute Gasteiger partial charge is 0.317 e. The minimum absolute atomic E-state index is 0.0632. The van der Waals surface area contributed by atoms with Gasteiger partial charge in [0.15, 0.2) is 0 Å². The summed E-state index contributed by atoms with van der Waals surface area (Å²) in [6.07, 6.45) is 6.76. The number of rotatable bonds is 4. The Hall–Kier alpha value is -2.96. The number of fused-ring (bicyclic) bond motifs is 1. The quantitative estimate of drug-likeness (QED) is 0.776. The number of aliphatic carboxylic acids is 1. The van der Waals surface area contributed by atoms with Crippen molar-refractivity contribution in [3.8, 4) is 0 Å². The molecule has 0 radical (unpaired) electrons. The van der Waals surface area contributed by atoms with Crippen molar-refractivity contribution in [1.29, 1.82) is 0 Å². The lowest BCUT2D eigenvalue weighted by Gasteiger charge is -2.61. The Bertz CT molecular complexity index is 1100. The summed E-state index contributed by atoms with van der Waals surface area (Å²) in [4.78, 5) is 24.5. The molecular formula is C19H18N4O3. The Morgan fingerprint density at radius 3 is 2.69 bits per heavy atom. The molecule has 3 aliphatic rings. The lowest BCUT2D eigenvalue weighted by Crippen LogP contribution is -2.59. The van der Waals surface area contributed by atoms with Crippen LogP contribution in [0.1, 0.15) is 36.4 Å². The van der Waals surface area contributed by atoms with Crippen LogP contribution in [0.15, 0.2) is 41.5 Å². The summed E-state index contributed by atoms with van der Waals surface area (Å²) < 4.78 is 3.34. The molecule has 0 spiro atoms. The summed E-state index contributed by atoms with van der Waals surface area (Å²) in [5.74, 6) is -1.15. The Balaban J connectivity index is 1.64. The zero-order valence-corrected chi connectivity index (χ0v) is 14.3. The molecule has 1 N–H and O–H groups in total. The fraction of sp³-hybridized carbons (Fsp3) is 0.368. The van der Waals surface area contributed by atoms with Gasteiger partial charge in [-0.15, -0.1) is 5.10 Å². The number of hydrogen-bond acceptors (Lipinski definition) is 4. The van der Waals surface area contributed by atoms with E-state index in [2.05, 4.69) is 10.3 Å². The van der Waals surface area contributed by atoms with Crippen LogP contribution in [0.4, 0.5) is 0 Å². The third-order valence-electron chi connectivity index (χ3n) is 6.01. The van der Waals surface area contributed by atoms with E-state index >= 15 is 0 Å². The van der Waals surface area contributed by atoms with Crippen LogP contribution in [0.5, 0.6) is 0 Å². The highest BCUT2D eigenvalue weighted by Gasteiger charge is 2.59. The van der Waals surface area contributed by atoms with Gasteiger partial charge < -0.3 is 9.67 Å². The molecule has 132 valence electrons. The second kappa shape index (κ2) is 5.03. The topological polar surface area (TPSA) is 90.0 Å². The molecular weight excluding hydrogens is 332 g/mol. The maximum absolute atomic E-state index is 12.4. The maximum atomic E-state index is 12.4. The first-order chi connectivity index (χ1) is 12.5. The minimum atomic E-state index is -0.997. The van der Waals surface area contributed by atoms with E-state index in [-0.39, 0.29) is 11.1 Å². The molecule has 1 aromatic carbocycles. The number of hydrogen-bond donors (Lipinski definition) is 1. The van der Waals surface area contributed by atoms with Crippen molar-refractivity contribution in [2.24, 2.45) is 13.0 Å². The van der Waals surface area contributed by atoms with Gasteiger partial charge in [-0.25, -0.2) is 4.68 Å². The second-order valence-corrected chi connectivity index (χ2v) is 7.60. The van der Waals surface area contributed by atoms with Crippen molar-refractivity contribution in [2.75, 3.05) is 0 Å². The Morgan fingerprint density at radius 2 is 2.04 bits per heavy atom. The van der Waals surface area contributed by atoms with E-state index in [0.717, 1.165) is 25.2 Å². The van der Waals surface area contributed by atoms with E-state index < -0.39 is 11.9 Å². The molecule has 3 saturated carbocycles. The lowest BCUT2D eigenvalue weighted by molar-refractivity contribution is -0.137. The third-order valence-corrected chi connectivity index (χ3v) is 6.01. The van der Waals surface area contributed by atoms with Crippen LogP contribution in [0.25, 0.3) is 10.8 Å². The standard InChI is InChI=1S/C19H18N4O3/c1-22-6-5-12-13(3-2-4-14(12)17(22)24)16(18(25)26)15-10-23(21-20-15)19-7-11(8-19)9-19/h2-6,10-11,16H,7-9H2,1H3,(H,25,26). The number of carboxylic acid groups (broad SMARTS) is 1. The molecule has 0 aliphatic heterocycles. The number of benzene rings is 1. The molecule has 3 fully saturated rings. The average Bonchev–Trinajstić information content (AvgIpc) is 2.97. The molecule has 3 aliphatic carbocycles. The molecule has 26 heavy (non-hydrogen) atoms. The Kier molecular flexibility index (Phi) is 2.96. The maximum Gasteiger partial charge on any atom is 0.317 e. The van der Waals surface area contributed by atoms with Gasteiger partial charge in [-0.1, -0.05) is 17.3 Å². The average molecular weight is 350 g/mol. The molecule has 1 atom stereocenters. The zero-order chi connectivity index (χ0) is 18.1. The van der Waals surface area contributed by atoms with Gasteiger partial charge in [-0.3, -0.25) is 9.59 Å². The summed E-state index contributed by atoms with van der Waals surface area (Å²) in [5.41, 5.74) is 0.895. The number of aryl methyl sites for hydroxylation is 1. The van der Waals surface area contributed by atoms with E-state index in [0.29, 0.717) is 22.0 Å². The number of pyridine rings is 1. The van der Waals surface area contributed by atoms with Gasteiger partial charge in [-0.2, -0.15) is 0 Å². The van der Waals surface area contributed by atoms with Crippen LogP contribution in [0, 0.1) is 5.92 Å². The van der Waals surface area contributed by atoms with Gasteiger partial charge in [-0.05, 0) is 48.3 Å². The summed E-state index contributed by atoms with van der Waals surface area (Å²) in [7, 11) is 1.68. The lowest BCUT2D eigenvalue weighted by atomic mass is 9.50. The van der Waals surface area contributed by atoms with Crippen LogP contribution >= 0.6 is 0 Å². The van der Waals surface area contributed by atoms with E-state index in [1.165, 1.54) is 4.57 Å². The van der Waals surface area contributed by atoms with Crippen LogP contribution in [-0.2, 0) is 17.4 Å². The summed E-state index contributed by atoms with van der Waals surface area (Å²) >= 11 is 0. The van der Waals surface area contributed by atoms with E-state index in [9.17, 15) is 14.7 Å². The van der Waals surface area contributed by atoms with Crippen molar-refractivity contribution in [3.63, 3.8) is 0 Å². The normalized spacial score (nSPS) is 24.7. The number of nitrogens with zero attached hydrogens (tertiary/aromatic N) is 4. The highest BCUT2D eigenvalue weighted by molar-refractivity contribution is 5.91. The number of aromatic nitrogens is 4. The van der Waals surface area contributed by atoms with Crippen molar-refractivity contribution in [2.45, 2.75) is 30.7 Å². The van der Waals surface area contributed by atoms with Crippen LogP contribution in [-0.4, -0.2) is 30.6 Å².